The van der Waals surface area contributed by atoms with Gasteiger partial charge in [-0.25, -0.2) is 0 Å². The maximum absolute atomic E-state index is 12.3. The van der Waals surface area contributed by atoms with E-state index in [4.69, 9.17) is 27.9 Å². The van der Waals surface area contributed by atoms with Crippen molar-refractivity contribution in [2.24, 2.45) is 7.05 Å². The van der Waals surface area contributed by atoms with Gasteiger partial charge in [0.25, 0.3) is 5.91 Å². The van der Waals surface area contributed by atoms with Crippen molar-refractivity contribution in [3.63, 3.8) is 0 Å². The second-order valence-corrected chi connectivity index (χ2v) is 7.50. The molecule has 3 aromatic rings. The molecule has 1 heterocycles. The second-order valence-electron chi connectivity index (χ2n) is 5.81. The summed E-state index contributed by atoms with van der Waals surface area (Å²) >= 11 is 15.4. The predicted octanol–water partition coefficient (Wildman–Crippen LogP) is 5.00. The third kappa shape index (κ3) is 5.03. The van der Waals surface area contributed by atoms with Crippen LogP contribution in [0.15, 0.2) is 53.1 Å². The Balaban J connectivity index is 1.57. The van der Waals surface area contributed by atoms with Crippen LogP contribution in [0.25, 0.3) is 0 Å². The molecule has 0 spiro atoms. The molecule has 0 aliphatic carbocycles. The molecule has 0 saturated carbocycles. The lowest BCUT2D eigenvalue weighted by molar-refractivity contribution is 0.0950. The number of benzene rings is 2. The van der Waals surface area contributed by atoms with Crippen LogP contribution in [0.2, 0.25) is 10.0 Å². The quantitative estimate of drug-likeness (QED) is 0.553. The van der Waals surface area contributed by atoms with E-state index in [9.17, 15) is 4.79 Å². The number of amides is 1. The first-order valence-electron chi connectivity index (χ1n) is 8.05. The summed E-state index contributed by atoms with van der Waals surface area (Å²) in [6, 6.07) is 12.3. The minimum atomic E-state index is -0.156. The van der Waals surface area contributed by atoms with Crippen LogP contribution in [0, 0.1) is 0 Å². The Hall–Kier alpha value is -2.02. The lowest BCUT2D eigenvalue weighted by Gasteiger charge is -2.09. The molecule has 0 atom stereocenters. The van der Waals surface area contributed by atoms with E-state index < -0.39 is 0 Å². The zero-order valence-corrected chi connectivity index (χ0v) is 17.5. The molecule has 0 aliphatic rings. The monoisotopic (exact) mass is 467 g/mol. The number of carbonyl (C=O) groups is 1. The van der Waals surface area contributed by atoms with Crippen LogP contribution in [0.1, 0.15) is 21.6 Å². The number of carbonyl (C=O) groups excluding carboxylic acids is 1. The number of aromatic nitrogens is 2. The Morgan fingerprint density at radius 3 is 2.59 bits per heavy atom. The second kappa shape index (κ2) is 8.78. The molecular weight excluding hydrogens is 453 g/mol. The summed E-state index contributed by atoms with van der Waals surface area (Å²) in [5.41, 5.74) is 2.39. The minimum Gasteiger partial charge on any atom is -0.487 e. The van der Waals surface area contributed by atoms with Gasteiger partial charge < -0.3 is 10.1 Å². The van der Waals surface area contributed by atoms with E-state index in [-0.39, 0.29) is 5.91 Å². The van der Waals surface area contributed by atoms with Gasteiger partial charge in [0.1, 0.15) is 12.4 Å². The summed E-state index contributed by atoms with van der Waals surface area (Å²) in [6.07, 6.45) is 1.70. The number of nitrogens with one attached hydrogen (secondary N) is 1. The molecule has 2 aromatic carbocycles. The van der Waals surface area contributed by atoms with Crippen LogP contribution in [0.3, 0.4) is 0 Å². The highest BCUT2D eigenvalue weighted by Crippen LogP contribution is 2.28. The number of aryl methyl sites for hydroxylation is 1. The fourth-order valence-electron chi connectivity index (χ4n) is 2.41. The summed E-state index contributed by atoms with van der Waals surface area (Å²) in [5.74, 6) is 0.404. The maximum atomic E-state index is 12.3. The first kappa shape index (κ1) is 19.7. The largest absolute Gasteiger partial charge is 0.487 e. The van der Waals surface area contributed by atoms with E-state index in [1.165, 1.54) is 0 Å². The first-order chi connectivity index (χ1) is 12.9. The van der Waals surface area contributed by atoms with E-state index in [2.05, 4.69) is 26.3 Å². The third-order valence-electron chi connectivity index (χ3n) is 3.93. The van der Waals surface area contributed by atoms with Gasteiger partial charge in [-0.2, -0.15) is 5.10 Å². The van der Waals surface area contributed by atoms with Crippen LogP contribution in [-0.2, 0) is 20.2 Å². The van der Waals surface area contributed by atoms with E-state index >= 15 is 0 Å². The van der Waals surface area contributed by atoms with Gasteiger partial charge in [0.15, 0.2) is 0 Å². The Bertz CT molecular complexity index is 939. The van der Waals surface area contributed by atoms with Crippen molar-refractivity contribution in [1.29, 1.82) is 0 Å². The smallest absolute Gasteiger partial charge is 0.251 e. The fraction of sp³-hybridized carbons (Fsp3) is 0.158. The highest BCUT2D eigenvalue weighted by molar-refractivity contribution is 9.10. The fourth-order valence-corrected chi connectivity index (χ4v) is 3.36. The van der Waals surface area contributed by atoms with Crippen molar-refractivity contribution in [2.75, 3.05) is 0 Å². The Morgan fingerprint density at radius 1 is 1.22 bits per heavy atom. The van der Waals surface area contributed by atoms with Crippen LogP contribution >= 0.6 is 39.1 Å². The topological polar surface area (TPSA) is 56.2 Å². The highest BCUT2D eigenvalue weighted by atomic mass is 79.9. The SMILES string of the molecule is Cn1ncc(Br)c1CNC(=O)c1ccc(COc2ccc(Cl)cc2Cl)cc1. The molecule has 0 saturated heterocycles. The minimum absolute atomic E-state index is 0.156. The van der Waals surface area contributed by atoms with Crippen molar-refractivity contribution < 1.29 is 9.53 Å². The highest BCUT2D eigenvalue weighted by Gasteiger charge is 2.10. The summed E-state index contributed by atoms with van der Waals surface area (Å²) in [4.78, 5) is 12.3. The molecule has 0 aliphatic heterocycles. The van der Waals surface area contributed by atoms with Crippen molar-refractivity contribution in [3.05, 3.63) is 80.0 Å². The van der Waals surface area contributed by atoms with Crippen LogP contribution in [0.5, 0.6) is 5.75 Å². The van der Waals surface area contributed by atoms with Crippen molar-refractivity contribution in [2.45, 2.75) is 13.2 Å². The molecule has 1 aromatic heterocycles. The summed E-state index contributed by atoms with van der Waals surface area (Å²) < 4.78 is 8.27. The number of halogens is 3. The summed E-state index contributed by atoms with van der Waals surface area (Å²) in [5, 5.41) is 8.02. The molecule has 27 heavy (non-hydrogen) atoms. The van der Waals surface area contributed by atoms with Gasteiger partial charge in [-0.05, 0) is 51.8 Å². The molecule has 0 bridgehead atoms. The third-order valence-corrected chi connectivity index (χ3v) is 5.12. The summed E-state index contributed by atoms with van der Waals surface area (Å²) in [6.45, 7) is 0.723. The van der Waals surface area contributed by atoms with E-state index in [1.807, 2.05) is 19.2 Å². The Morgan fingerprint density at radius 2 is 1.96 bits per heavy atom. The lowest BCUT2D eigenvalue weighted by atomic mass is 10.1. The molecule has 3 rings (SSSR count). The van der Waals surface area contributed by atoms with Crippen LogP contribution in [0.4, 0.5) is 0 Å². The molecule has 1 amide bonds. The van der Waals surface area contributed by atoms with Crippen molar-refractivity contribution in [3.8, 4) is 5.75 Å². The summed E-state index contributed by atoms with van der Waals surface area (Å²) in [7, 11) is 1.83. The average Bonchev–Trinajstić information content (AvgIpc) is 2.97. The van der Waals surface area contributed by atoms with Crippen molar-refractivity contribution in [1.82, 2.24) is 15.1 Å². The van der Waals surface area contributed by atoms with Crippen LogP contribution in [-0.4, -0.2) is 15.7 Å². The molecule has 8 heteroatoms. The van der Waals surface area contributed by atoms with E-state index in [0.717, 1.165) is 15.7 Å². The predicted molar refractivity (Wildman–Crippen MR) is 109 cm³/mol. The number of ether oxygens (including phenoxy) is 1. The van der Waals surface area contributed by atoms with Gasteiger partial charge in [-0.15, -0.1) is 0 Å². The molecule has 5 nitrogen and oxygen atoms in total. The van der Waals surface area contributed by atoms with Crippen molar-refractivity contribution >= 4 is 45.0 Å². The normalized spacial score (nSPS) is 10.7. The van der Waals surface area contributed by atoms with Gasteiger partial charge >= 0.3 is 0 Å². The molecule has 1 N–H and O–H groups in total. The van der Waals surface area contributed by atoms with Gasteiger partial charge in [0.05, 0.1) is 27.9 Å². The number of hydrogen-bond acceptors (Lipinski definition) is 3. The molecule has 0 unspecified atom stereocenters. The average molecular weight is 469 g/mol. The molecule has 140 valence electrons. The zero-order valence-electron chi connectivity index (χ0n) is 14.4. The molecule has 0 radical (unpaired) electrons. The number of nitrogens with zero attached hydrogens (tertiary/aromatic N) is 2. The Kier molecular flexibility index (Phi) is 6.42. The molecule has 0 fully saturated rings. The van der Waals surface area contributed by atoms with E-state index in [1.54, 1.807) is 41.2 Å². The number of hydrogen-bond donors (Lipinski definition) is 1. The lowest BCUT2D eigenvalue weighted by Crippen LogP contribution is -2.24. The Labute approximate surface area is 175 Å². The van der Waals surface area contributed by atoms with Gasteiger partial charge in [0, 0.05) is 17.6 Å². The van der Waals surface area contributed by atoms with Gasteiger partial charge in [-0.1, -0.05) is 35.3 Å². The van der Waals surface area contributed by atoms with E-state index in [0.29, 0.717) is 34.5 Å². The first-order valence-corrected chi connectivity index (χ1v) is 9.60. The molecular formula is C19H16BrCl2N3O2. The van der Waals surface area contributed by atoms with Gasteiger partial charge in [-0.3, -0.25) is 9.48 Å². The van der Waals surface area contributed by atoms with Crippen LogP contribution < -0.4 is 10.1 Å². The maximum Gasteiger partial charge on any atom is 0.251 e. The standard InChI is InChI=1S/C19H16BrCl2N3O2/c1-25-17(15(20)9-24-25)10-23-19(26)13-4-2-12(3-5-13)11-27-18-7-6-14(21)8-16(18)22/h2-9H,10-11H2,1H3,(H,23,26). The number of rotatable bonds is 6. The van der Waals surface area contributed by atoms with Gasteiger partial charge in [0.2, 0.25) is 0 Å². The zero-order chi connectivity index (χ0) is 19.4.